The van der Waals surface area contributed by atoms with Crippen LogP contribution >= 0.6 is 11.8 Å². The zero-order valence-corrected chi connectivity index (χ0v) is 14.8. The maximum atomic E-state index is 13.9. The van der Waals surface area contributed by atoms with Crippen LogP contribution < -0.4 is 9.47 Å². The zero-order chi connectivity index (χ0) is 17.6. The average Bonchev–Trinajstić information content (AvgIpc) is 3.00. The smallest absolute Gasteiger partial charge is 0.191 e. The van der Waals surface area contributed by atoms with E-state index in [0.717, 1.165) is 16.7 Å². The van der Waals surface area contributed by atoms with Gasteiger partial charge in [0.05, 0.1) is 19.3 Å². The molecule has 5 nitrogen and oxygen atoms in total. The summed E-state index contributed by atoms with van der Waals surface area (Å²) in [6, 6.07) is 14.0. The van der Waals surface area contributed by atoms with Crippen molar-refractivity contribution in [3.8, 4) is 22.9 Å². The lowest BCUT2D eigenvalue weighted by molar-refractivity contribution is 0.342. The lowest BCUT2D eigenvalue weighted by Gasteiger charge is -2.07. The van der Waals surface area contributed by atoms with Crippen LogP contribution in [0.4, 0.5) is 4.39 Å². The molecule has 0 aliphatic carbocycles. The first-order chi connectivity index (χ1) is 12.2. The Morgan fingerprint density at radius 1 is 1.04 bits per heavy atom. The van der Waals surface area contributed by atoms with Crippen molar-refractivity contribution in [3.63, 3.8) is 0 Å². The molecule has 0 radical (unpaired) electrons. The zero-order valence-electron chi connectivity index (χ0n) is 14.0. The summed E-state index contributed by atoms with van der Waals surface area (Å²) in [5.41, 5.74) is 0.443. The monoisotopic (exact) mass is 359 g/mol. The largest absolute Gasteiger partial charge is 0.497 e. The second-order valence-corrected chi connectivity index (χ2v) is 6.28. The third kappa shape index (κ3) is 4.11. The number of halogens is 1. The second kappa shape index (κ2) is 8.02. The molecular weight excluding hydrogens is 341 g/mol. The summed E-state index contributed by atoms with van der Waals surface area (Å²) in [5.74, 6) is 2.48. The van der Waals surface area contributed by atoms with Crippen molar-refractivity contribution in [2.75, 3.05) is 19.5 Å². The van der Waals surface area contributed by atoms with Gasteiger partial charge in [0, 0.05) is 12.8 Å². The van der Waals surface area contributed by atoms with Crippen LogP contribution in [0, 0.1) is 5.82 Å². The van der Waals surface area contributed by atoms with E-state index in [0.29, 0.717) is 23.7 Å². The van der Waals surface area contributed by atoms with Gasteiger partial charge in [-0.25, -0.2) is 4.39 Å². The summed E-state index contributed by atoms with van der Waals surface area (Å²) in [4.78, 5) is 0. The highest BCUT2D eigenvalue weighted by molar-refractivity contribution is 7.99. The lowest BCUT2D eigenvalue weighted by atomic mass is 10.2. The van der Waals surface area contributed by atoms with Gasteiger partial charge in [-0.1, -0.05) is 23.9 Å². The number of methoxy groups -OCH3 is 1. The number of ether oxygens (including phenoxy) is 2. The molecule has 3 aromatic rings. The molecule has 0 fully saturated rings. The molecule has 0 aliphatic rings. The molecule has 0 amide bonds. The van der Waals surface area contributed by atoms with Gasteiger partial charge in [-0.05, 0) is 36.4 Å². The molecular formula is C18H18FN3O2S. The molecule has 3 rings (SSSR count). The molecule has 0 aliphatic heterocycles. The number of nitrogens with zero attached hydrogens (tertiary/aromatic N) is 3. The third-order valence-electron chi connectivity index (χ3n) is 3.59. The highest BCUT2D eigenvalue weighted by atomic mass is 32.2. The molecule has 0 bridgehead atoms. The molecule has 0 atom stereocenters. The number of hydrogen-bond donors (Lipinski definition) is 0. The Balaban J connectivity index is 1.56. The summed E-state index contributed by atoms with van der Waals surface area (Å²) in [6.45, 7) is 0.527. The van der Waals surface area contributed by atoms with Gasteiger partial charge in [-0.15, -0.1) is 10.2 Å². The lowest BCUT2D eigenvalue weighted by Crippen LogP contribution is -2.02. The van der Waals surface area contributed by atoms with Crippen LogP contribution in [0.2, 0.25) is 0 Å². The number of rotatable bonds is 7. The van der Waals surface area contributed by atoms with E-state index < -0.39 is 0 Å². The van der Waals surface area contributed by atoms with Crippen molar-refractivity contribution in [2.24, 2.45) is 7.05 Å². The minimum absolute atomic E-state index is 0.308. The molecule has 25 heavy (non-hydrogen) atoms. The maximum absolute atomic E-state index is 13.9. The number of aromatic nitrogens is 3. The van der Waals surface area contributed by atoms with Crippen LogP contribution in [-0.2, 0) is 7.05 Å². The molecule has 130 valence electrons. The fourth-order valence-corrected chi connectivity index (χ4v) is 3.01. The van der Waals surface area contributed by atoms with Gasteiger partial charge < -0.3 is 14.0 Å². The average molecular weight is 359 g/mol. The molecule has 0 spiro atoms. The van der Waals surface area contributed by atoms with E-state index in [1.54, 1.807) is 29.9 Å². The minimum Gasteiger partial charge on any atom is -0.497 e. The van der Waals surface area contributed by atoms with E-state index in [-0.39, 0.29) is 5.82 Å². The molecule has 0 unspecified atom stereocenters. The Labute approximate surface area is 149 Å². The second-order valence-electron chi connectivity index (χ2n) is 5.22. The van der Waals surface area contributed by atoms with Crippen molar-refractivity contribution in [2.45, 2.75) is 5.16 Å². The summed E-state index contributed by atoms with van der Waals surface area (Å²) in [7, 11) is 3.46. The van der Waals surface area contributed by atoms with Gasteiger partial charge in [0.25, 0.3) is 0 Å². The molecule has 7 heteroatoms. The quantitative estimate of drug-likeness (QED) is 0.474. The van der Waals surface area contributed by atoms with Gasteiger partial charge >= 0.3 is 0 Å². The summed E-state index contributed by atoms with van der Waals surface area (Å²) in [6.07, 6.45) is 0. The van der Waals surface area contributed by atoms with Gasteiger partial charge in [0.15, 0.2) is 11.0 Å². The van der Waals surface area contributed by atoms with Crippen molar-refractivity contribution >= 4 is 11.8 Å². The standard InChI is InChI=1S/C18H18FN3O2S/c1-22-17(15-5-3-4-6-16(15)19)20-21-18(22)25-12-11-24-14-9-7-13(23-2)8-10-14/h3-10H,11-12H2,1-2H3. The predicted molar refractivity (Wildman–Crippen MR) is 95.6 cm³/mol. The van der Waals surface area contributed by atoms with E-state index in [2.05, 4.69) is 10.2 Å². The van der Waals surface area contributed by atoms with Crippen LogP contribution in [-0.4, -0.2) is 34.2 Å². The third-order valence-corrected chi connectivity index (χ3v) is 4.58. The summed E-state index contributed by atoms with van der Waals surface area (Å²) >= 11 is 1.51. The van der Waals surface area contributed by atoms with Crippen molar-refractivity contribution in [3.05, 3.63) is 54.3 Å². The maximum Gasteiger partial charge on any atom is 0.191 e. The van der Waals surface area contributed by atoms with Gasteiger partial charge in [0.1, 0.15) is 17.3 Å². The summed E-state index contributed by atoms with van der Waals surface area (Å²) < 4.78 is 26.5. The van der Waals surface area contributed by atoms with Crippen molar-refractivity contribution < 1.29 is 13.9 Å². The minimum atomic E-state index is -0.308. The van der Waals surface area contributed by atoms with Crippen LogP contribution in [0.5, 0.6) is 11.5 Å². The first-order valence-electron chi connectivity index (χ1n) is 7.73. The normalized spacial score (nSPS) is 10.7. The Kier molecular flexibility index (Phi) is 5.55. The van der Waals surface area contributed by atoms with Gasteiger partial charge in [-0.3, -0.25) is 0 Å². The molecule has 0 saturated heterocycles. The van der Waals surface area contributed by atoms with Crippen LogP contribution in [0.25, 0.3) is 11.4 Å². The SMILES string of the molecule is COc1ccc(OCCSc2nnc(-c3ccccc3F)n2C)cc1. The Hall–Kier alpha value is -2.54. The molecule has 0 saturated carbocycles. The highest BCUT2D eigenvalue weighted by Gasteiger charge is 2.14. The molecule has 0 N–H and O–H groups in total. The molecule has 1 heterocycles. The van der Waals surface area contributed by atoms with E-state index in [4.69, 9.17) is 9.47 Å². The fraction of sp³-hybridized carbons (Fsp3) is 0.222. The van der Waals surface area contributed by atoms with Gasteiger partial charge in [0.2, 0.25) is 0 Å². The summed E-state index contributed by atoms with van der Waals surface area (Å²) in [5, 5.41) is 8.96. The highest BCUT2D eigenvalue weighted by Crippen LogP contribution is 2.24. The number of hydrogen-bond acceptors (Lipinski definition) is 5. The Bertz CT molecular complexity index is 837. The number of thioether (sulfide) groups is 1. The van der Waals surface area contributed by atoms with Crippen LogP contribution in [0.3, 0.4) is 0 Å². The van der Waals surface area contributed by atoms with E-state index in [9.17, 15) is 4.39 Å². The van der Waals surface area contributed by atoms with Crippen molar-refractivity contribution in [1.82, 2.24) is 14.8 Å². The predicted octanol–water partition coefficient (Wildman–Crippen LogP) is 3.80. The van der Waals surface area contributed by atoms with Crippen LogP contribution in [0.1, 0.15) is 0 Å². The topological polar surface area (TPSA) is 49.2 Å². The first-order valence-corrected chi connectivity index (χ1v) is 8.71. The molecule has 1 aromatic heterocycles. The number of benzene rings is 2. The molecule has 2 aromatic carbocycles. The van der Waals surface area contributed by atoms with E-state index in [1.807, 2.05) is 31.3 Å². The first kappa shape index (κ1) is 17.3. The van der Waals surface area contributed by atoms with Gasteiger partial charge in [-0.2, -0.15) is 0 Å². The Morgan fingerprint density at radius 2 is 1.76 bits per heavy atom. The van der Waals surface area contributed by atoms with E-state index in [1.165, 1.54) is 17.8 Å². The van der Waals surface area contributed by atoms with Crippen LogP contribution in [0.15, 0.2) is 53.7 Å². The fourth-order valence-electron chi connectivity index (χ4n) is 2.28. The van der Waals surface area contributed by atoms with E-state index >= 15 is 0 Å². The van der Waals surface area contributed by atoms with Crippen molar-refractivity contribution in [1.29, 1.82) is 0 Å². The Morgan fingerprint density at radius 3 is 2.48 bits per heavy atom.